The highest BCUT2D eigenvalue weighted by Crippen LogP contribution is 2.32. The van der Waals surface area contributed by atoms with Crippen molar-refractivity contribution in [3.8, 4) is 6.07 Å². The average Bonchev–Trinajstić information content (AvgIpc) is 2.53. The fourth-order valence-electron chi connectivity index (χ4n) is 2.13. The zero-order valence-corrected chi connectivity index (χ0v) is 14.0. The number of hydrogen-bond donors (Lipinski definition) is 1. The predicted molar refractivity (Wildman–Crippen MR) is 90.8 cm³/mol. The van der Waals surface area contributed by atoms with Gasteiger partial charge in [-0.2, -0.15) is 5.26 Å². The van der Waals surface area contributed by atoms with Crippen molar-refractivity contribution in [3.05, 3.63) is 58.1 Å². The summed E-state index contributed by atoms with van der Waals surface area (Å²) in [6.07, 6.45) is 0. The Morgan fingerprint density at radius 3 is 2.38 bits per heavy atom. The number of nitriles is 1. The summed E-state index contributed by atoms with van der Waals surface area (Å²) in [6.45, 7) is 2.13. The molecule has 0 amide bonds. The molecule has 3 nitrogen and oxygen atoms in total. The fourth-order valence-corrected chi connectivity index (χ4v) is 2.79. The third-order valence-electron chi connectivity index (χ3n) is 3.65. The molecule has 2 rings (SSSR count). The molecule has 0 radical (unpaired) electrons. The van der Waals surface area contributed by atoms with Gasteiger partial charge in [-0.25, -0.2) is 0 Å². The van der Waals surface area contributed by atoms with Gasteiger partial charge in [0.15, 0.2) is 0 Å². The SMILES string of the molecule is CNC(C)c1ccc(N(C)c2ccc(C#N)cc2)c(Br)c1. The lowest BCUT2D eigenvalue weighted by Crippen LogP contribution is -2.14. The molecular formula is C17H18BrN3. The molecule has 108 valence electrons. The molecule has 0 bridgehead atoms. The summed E-state index contributed by atoms with van der Waals surface area (Å²) in [7, 11) is 3.97. The van der Waals surface area contributed by atoms with Gasteiger partial charge in [-0.05, 0) is 71.9 Å². The van der Waals surface area contributed by atoms with Gasteiger partial charge in [-0.1, -0.05) is 6.07 Å². The van der Waals surface area contributed by atoms with Crippen LogP contribution in [0.2, 0.25) is 0 Å². The van der Waals surface area contributed by atoms with Crippen molar-refractivity contribution in [1.29, 1.82) is 5.26 Å². The summed E-state index contributed by atoms with van der Waals surface area (Å²) in [4.78, 5) is 2.10. The van der Waals surface area contributed by atoms with Crippen molar-refractivity contribution in [2.75, 3.05) is 19.0 Å². The number of nitrogens with zero attached hydrogens (tertiary/aromatic N) is 2. The largest absolute Gasteiger partial charge is 0.344 e. The van der Waals surface area contributed by atoms with Crippen LogP contribution in [0.15, 0.2) is 46.9 Å². The topological polar surface area (TPSA) is 39.1 Å². The van der Waals surface area contributed by atoms with Gasteiger partial charge in [0, 0.05) is 23.2 Å². The van der Waals surface area contributed by atoms with Crippen molar-refractivity contribution in [2.24, 2.45) is 0 Å². The van der Waals surface area contributed by atoms with Gasteiger partial charge in [0.2, 0.25) is 0 Å². The number of anilines is 2. The molecule has 0 aliphatic heterocycles. The molecule has 2 aromatic rings. The van der Waals surface area contributed by atoms with Gasteiger partial charge in [0.05, 0.1) is 17.3 Å². The Hall–Kier alpha value is -1.83. The predicted octanol–water partition coefficient (Wildman–Crippen LogP) is 4.37. The second kappa shape index (κ2) is 6.75. The maximum atomic E-state index is 8.86. The van der Waals surface area contributed by atoms with E-state index in [2.05, 4.69) is 57.3 Å². The van der Waals surface area contributed by atoms with Crippen LogP contribution in [0, 0.1) is 11.3 Å². The lowest BCUT2D eigenvalue weighted by molar-refractivity contribution is 0.652. The number of nitrogens with one attached hydrogen (secondary N) is 1. The van der Waals surface area contributed by atoms with Gasteiger partial charge in [-0.15, -0.1) is 0 Å². The minimum Gasteiger partial charge on any atom is -0.344 e. The normalized spacial score (nSPS) is 11.8. The Morgan fingerprint density at radius 1 is 1.19 bits per heavy atom. The van der Waals surface area contributed by atoms with Crippen LogP contribution in [0.1, 0.15) is 24.1 Å². The molecule has 0 fully saturated rings. The molecule has 1 N–H and O–H groups in total. The van der Waals surface area contributed by atoms with Crippen LogP contribution < -0.4 is 10.2 Å². The van der Waals surface area contributed by atoms with E-state index in [9.17, 15) is 0 Å². The van der Waals surface area contributed by atoms with E-state index in [1.54, 1.807) is 0 Å². The lowest BCUT2D eigenvalue weighted by atomic mass is 10.1. The second-order valence-corrected chi connectivity index (χ2v) is 5.79. The molecule has 0 aliphatic carbocycles. The van der Waals surface area contributed by atoms with E-state index >= 15 is 0 Å². The molecule has 1 atom stereocenters. The number of rotatable bonds is 4. The van der Waals surface area contributed by atoms with Crippen LogP contribution in [0.4, 0.5) is 11.4 Å². The minimum absolute atomic E-state index is 0.315. The fraction of sp³-hybridized carbons (Fsp3) is 0.235. The van der Waals surface area contributed by atoms with Gasteiger partial charge in [0.25, 0.3) is 0 Å². The minimum atomic E-state index is 0.315. The molecule has 1 unspecified atom stereocenters. The molecule has 0 saturated carbocycles. The van der Waals surface area contributed by atoms with Gasteiger partial charge in [0.1, 0.15) is 0 Å². The molecule has 0 aromatic heterocycles. The Balaban J connectivity index is 2.30. The first kappa shape index (κ1) is 15.6. The Labute approximate surface area is 134 Å². The van der Waals surface area contributed by atoms with E-state index in [0.717, 1.165) is 15.8 Å². The van der Waals surface area contributed by atoms with Gasteiger partial charge in [-0.3, -0.25) is 0 Å². The molecule has 0 heterocycles. The zero-order chi connectivity index (χ0) is 15.4. The van der Waals surface area contributed by atoms with Crippen molar-refractivity contribution in [1.82, 2.24) is 5.32 Å². The quantitative estimate of drug-likeness (QED) is 0.895. The van der Waals surface area contributed by atoms with Crippen molar-refractivity contribution in [2.45, 2.75) is 13.0 Å². The maximum absolute atomic E-state index is 8.86. The van der Waals surface area contributed by atoms with E-state index < -0.39 is 0 Å². The Morgan fingerprint density at radius 2 is 1.86 bits per heavy atom. The van der Waals surface area contributed by atoms with Gasteiger partial charge < -0.3 is 10.2 Å². The van der Waals surface area contributed by atoms with Crippen LogP contribution in [0.25, 0.3) is 0 Å². The third-order valence-corrected chi connectivity index (χ3v) is 4.28. The van der Waals surface area contributed by atoms with Gasteiger partial charge >= 0.3 is 0 Å². The summed E-state index contributed by atoms with van der Waals surface area (Å²) >= 11 is 3.65. The highest BCUT2D eigenvalue weighted by Gasteiger charge is 2.11. The molecule has 2 aromatic carbocycles. The van der Waals surface area contributed by atoms with Crippen LogP contribution in [0.3, 0.4) is 0 Å². The molecule has 21 heavy (non-hydrogen) atoms. The van der Waals surface area contributed by atoms with Crippen LogP contribution in [0.5, 0.6) is 0 Å². The summed E-state index contributed by atoms with van der Waals surface area (Å²) in [5.41, 5.74) is 4.04. The smallest absolute Gasteiger partial charge is 0.0991 e. The van der Waals surface area contributed by atoms with Crippen LogP contribution in [-0.2, 0) is 0 Å². The maximum Gasteiger partial charge on any atom is 0.0991 e. The Kier molecular flexibility index (Phi) is 5.00. The van der Waals surface area contributed by atoms with E-state index in [0.29, 0.717) is 11.6 Å². The monoisotopic (exact) mass is 343 g/mol. The molecule has 0 aliphatic rings. The van der Waals surface area contributed by atoms with Crippen molar-refractivity contribution in [3.63, 3.8) is 0 Å². The summed E-state index contributed by atoms with van der Waals surface area (Å²) in [5.74, 6) is 0. The highest BCUT2D eigenvalue weighted by molar-refractivity contribution is 9.10. The van der Waals surface area contributed by atoms with E-state index in [-0.39, 0.29) is 0 Å². The molecular weight excluding hydrogens is 326 g/mol. The highest BCUT2D eigenvalue weighted by atomic mass is 79.9. The lowest BCUT2D eigenvalue weighted by Gasteiger charge is -2.22. The molecule has 0 spiro atoms. The van der Waals surface area contributed by atoms with Crippen molar-refractivity contribution >= 4 is 27.3 Å². The number of hydrogen-bond acceptors (Lipinski definition) is 3. The van der Waals surface area contributed by atoms with Crippen LogP contribution >= 0.6 is 15.9 Å². The third kappa shape index (κ3) is 3.44. The van der Waals surface area contributed by atoms with Crippen LogP contribution in [-0.4, -0.2) is 14.1 Å². The first-order valence-corrected chi connectivity index (χ1v) is 7.56. The van der Waals surface area contributed by atoms with E-state index in [1.807, 2.05) is 38.4 Å². The molecule has 4 heteroatoms. The molecule has 0 saturated heterocycles. The second-order valence-electron chi connectivity index (χ2n) is 4.94. The first-order chi connectivity index (χ1) is 10.1. The Bertz CT molecular complexity index is 659. The summed E-state index contributed by atoms with van der Waals surface area (Å²) in [5, 5.41) is 12.1. The van der Waals surface area contributed by atoms with Crippen molar-refractivity contribution < 1.29 is 0 Å². The summed E-state index contributed by atoms with van der Waals surface area (Å²) < 4.78 is 1.05. The van der Waals surface area contributed by atoms with E-state index in [4.69, 9.17) is 5.26 Å². The average molecular weight is 344 g/mol. The zero-order valence-electron chi connectivity index (χ0n) is 12.4. The number of halogens is 1. The first-order valence-electron chi connectivity index (χ1n) is 6.77. The van der Waals surface area contributed by atoms with E-state index in [1.165, 1.54) is 5.56 Å². The number of benzene rings is 2. The summed E-state index contributed by atoms with van der Waals surface area (Å²) in [6, 6.07) is 16.4. The standard InChI is InChI=1S/C17H18BrN3/c1-12(20-2)14-6-9-17(16(18)10-14)21(3)15-7-4-13(11-19)5-8-15/h4-10,12,20H,1-3H3.